The summed E-state index contributed by atoms with van der Waals surface area (Å²) in [5.41, 5.74) is 11.4. The summed E-state index contributed by atoms with van der Waals surface area (Å²) in [4.78, 5) is 63.2. The number of hydrazine groups is 1. The Hall–Kier alpha value is -5.81. The number of ether oxygens (including phenoxy) is 2. The number of imidazole rings is 1. The molecule has 4 N–H and O–H groups in total. The zero-order valence-electron chi connectivity index (χ0n) is 29.8. The van der Waals surface area contributed by atoms with E-state index in [-0.39, 0.29) is 36.8 Å². The molecule has 0 aliphatic heterocycles. The Bertz CT molecular complexity index is 2250. The van der Waals surface area contributed by atoms with Crippen molar-refractivity contribution in [2.75, 3.05) is 40.2 Å². The number of fused-ring (bicyclic) bond motifs is 2. The number of oxazole rings is 1. The molecule has 2 aromatic carbocycles. The lowest BCUT2D eigenvalue weighted by atomic mass is 10.2. The minimum absolute atomic E-state index is 0.0728. The number of carbonyl (C=O) groups is 4. The van der Waals surface area contributed by atoms with Gasteiger partial charge in [0.15, 0.2) is 10.7 Å². The van der Waals surface area contributed by atoms with Gasteiger partial charge >= 0.3 is 5.91 Å². The van der Waals surface area contributed by atoms with Crippen molar-refractivity contribution in [3.05, 3.63) is 69.7 Å². The maximum Gasteiger partial charge on any atom is 0.317 e. The predicted molar refractivity (Wildman–Crippen MR) is 196 cm³/mol. The van der Waals surface area contributed by atoms with Gasteiger partial charge in [-0.15, -0.1) is 0 Å². The number of methoxy groups -OCH3 is 1. The molecular formula is C35H41N9O7S. The molecule has 0 aliphatic rings. The molecule has 0 bridgehead atoms. The van der Waals surface area contributed by atoms with E-state index >= 15 is 0 Å². The van der Waals surface area contributed by atoms with Gasteiger partial charge in [-0.3, -0.25) is 24.2 Å². The topological polar surface area (TPSA) is 201 Å². The van der Waals surface area contributed by atoms with Crippen molar-refractivity contribution in [1.29, 1.82) is 0 Å². The molecule has 0 saturated carbocycles. The first-order chi connectivity index (χ1) is 25.0. The maximum atomic E-state index is 13.4. The second kappa shape index (κ2) is 16.5. The van der Waals surface area contributed by atoms with Crippen molar-refractivity contribution in [3.8, 4) is 11.5 Å². The van der Waals surface area contributed by atoms with E-state index in [0.717, 1.165) is 6.29 Å². The predicted octanol–water partition coefficient (Wildman–Crippen LogP) is 3.62. The molecule has 3 heterocycles. The van der Waals surface area contributed by atoms with E-state index in [0.29, 0.717) is 80.0 Å². The quantitative estimate of drug-likeness (QED) is 0.0579. The van der Waals surface area contributed by atoms with Crippen LogP contribution in [0, 0.1) is 6.92 Å². The van der Waals surface area contributed by atoms with E-state index < -0.39 is 11.8 Å². The lowest BCUT2D eigenvalue weighted by Crippen LogP contribution is -2.36. The summed E-state index contributed by atoms with van der Waals surface area (Å²) in [5.74, 6) is 0.550. The number of nitrogens with two attached hydrogens (primary N) is 1. The molecule has 0 saturated heterocycles. The fourth-order valence-corrected chi connectivity index (χ4v) is 6.69. The number of anilines is 1. The molecule has 0 atom stereocenters. The lowest BCUT2D eigenvalue weighted by molar-refractivity contribution is -0.132. The van der Waals surface area contributed by atoms with Gasteiger partial charge in [-0.1, -0.05) is 30.4 Å². The fourth-order valence-electron chi connectivity index (χ4n) is 5.60. The molecule has 52 heavy (non-hydrogen) atoms. The summed E-state index contributed by atoms with van der Waals surface area (Å²) in [7, 11) is 6.55. The van der Waals surface area contributed by atoms with Crippen LogP contribution in [0.5, 0.6) is 11.5 Å². The van der Waals surface area contributed by atoms with Crippen molar-refractivity contribution in [2.24, 2.45) is 10.7 Å². The Morgan fingerprint density at radius 1 is 1.08 bits per heavy atom. The van der Waals surface area contributed by atoms with Crippen LogP contribution < -0.4 is 30.8 Å². The number of aromatic nitrogens is 4. The van der Waals surface area contributed by atoms with Crippen LogP contribution in [0.4, 0.5) is 5.95 Å². The molecule has 0 fully saturated rings. The number of nitrogens with one attached hydrogen (secondary N) is 2. The second-order valence-corrected chi connectivity index (χ2v) is 12.6. The minimum atomic E-state index is -0.620. The van der Waals surface area contributed by atoms with Gasteiger partial charge in [0, 0.05) is 58.7 Å². The van der Waals surface area contributed by atoms with Crippen LogP contribution in [0.15, 0.2) is 45.8 Å². The molecule has 0 aliphatic carbocycles. The Kier molecular flexibility index (Phi) is 11.9. The molecule has 0 spiro atoms. The Balaban J connectivity index is 1.50. The average Bonchev–Trinajstić information content (AvgIpc) is 3.82. The van der Waals surface area contributed by atoms with Gasteiger partial charge in [0.2, 0.25) is 23.5 Å². The molecular weight excluding hydrogens is 691 g/mol. The van der Waals surface area contributed by atoms with Crippen LogP contribution in [0.25, 0.3) is 21.3 Å². The average molecular weight is 732 g/mol. The number of rotatable bonds is 16. The summed E-state index contributed by atoms with van der Waals surface area (Å²) in [6.45, 7) is 4.41. The minimum Gasteiger partial charge on any atom is -0.494 e. The summed E-state index contributed by atoms with van der Waals surface area (Å²) < 4.78 is 21.8. The van der Waals surface area contributed by atoms with Gasteiger partial charge in [-0.2, -0.15) is 4.99 Å². The van der Waals surface area contributed by atoms with Crippen LogP contribution in [0.2, 0.25) is 0 Å². The van der Waals surface area contributed by atoms with E-state index in [1.54, 1.807) is 52.3 Å². The first-order valence-corrected chi connectivity index (χ1v) is 17.3. The van der Waals surface area contributed by atoms with Crippen molar-refractivity contribution in [2.45, 2.75) is 46.2 Å². The van der Waals surface area contributed by atoms with Crippen LogP contribution in [0.1, 0.15) is 62.6 Å². The number of primary amides is 1. The number of hydrogen-bond donors (Lipinski definition) is 3. The molecule has 16 nitrogen and oxygen atoms in total. The summed E-state index contributed by atoms with van der Waals surface area (Å²) >= 11 is 1.21. The standard InChI is InChI=1S/C35H41N9O7S/c1-7-23-31(51-20(2)39-23)33(48)41-35-44(30-25(49-6)17-22(32(36)47)18-27(30)52-35)13-9-8-12-43-29-24(40-34(43)37-3)15-21(19-45)16-26(29)50-14-10-11-28(46)42(5)38-4/h8-9,15-19,38H,7,10-14H2,1-6H3,(H2,36,47)(H,37,40)/b9-8+,41-35?. The van der Waals surface area contributed by atoms with E-state index in [9.17, 15) is 19.2 Å². The molecule has 3 aromatic heterocycles. The Morgan fingerprint density at radius 3 is 2.48 bits per heavy atom. The number of carbonyl (C=O) groups excluding carboxylic acids is 4. The van der Waals surface area contributed by atoms with Crippen LogP contribution in [-0.4, -0.2) is 83.0 Å². The van der Waals surface area contributed by atoms with Crippen LogP contribution >= 0.6 is 11.3 Å². The first kappa shape index (κ1) is 37.4. The number of amides is 3. The normalized spacial score (nSPS) is 11.8. The largest absolute Gasteiger partial charge is 0.494 e. The molecule has 3 amide bonds. The van der Waals surface area contributed by atoms with Gasteiger partial charge in [-0.25, -0.2) is 15.4 Å². The molecule has 0 radical (unpaired) electrons. The SMILES string of the molecule is CCc1nc(C)oc1C(=O)N=c1sc2cc(C(N)=O)cc(OC)c2n1C/C=C/Cn1c(NC)nc2cc(C=O)cc(OCCCC(=O)N(C)NC)c21. The maximum absolute atomic E-state index is 13.4. The van der Waals surface area contributed by atoms with Gasteiger partial charge < -0.3 is 34.1 Å². The van der Waals surface area contributed by atoms with Crippen molar-refractivity contribution in [1.82, 2.24) is 29.5 Å². The summed E-state index contributed by atoms with van der Waals surface area (Å²) in [6, 6.07) is 6.54. The molecule has 5 rings (SSSR count). The van der Waals surface area contributed by atoms with Crippen molar-refractivity contribution in [3.63, 3.8) is 0 Å². The smallest absolute Gasteiger partial charge is 0.317 e. The fraction of sp³-hybridized carbons (Fsp3) is 0.343. The number of allylic oxidation sites excluding steroid dienone is 2. The number of thiazole rings is 1. The second-order valence-electron chi connectivity index (χ2n) is 11.6. The van der Waals surface area contributed by atoms with Gasteiger partial charge in [0.05, 0.1) is 29.6 Å². The van der Waals surface area contributed by atoms with Crippen molar-refractivity contribution < 1.29 is 33.1 Å². The monoisotopic (exact) mass is 731 g/mol. The van der Waals surface area contributed by atoms with Crippen molar-refractivity contribution >= 4 is 62.5 Å². The number of aryl methyl sites for hydroxylation is 2. The highest BCUT2D eigenvalue weighted by Gasteiger charge is 2.21. The van der Waals surface area contributed by atoms with Gasteiger partial charge in [0.25, 0.3) is 0 Å². The summed E-state index contributed by atoms with van der Waals surface area (Å²) in [6.07, 6.45) is 5.80. The Morgan fingerprint density at radius 2 is 1.83 bits per heavy atom. The third-order valence-electron chi connectivity index (χ3n) is 8.21. The van der Waals surface area contributed by atoms with Crippen LogP contribution in [0.3, 0.4) is 0 Å². The zero-order valence-corrected chi connectivity index (χ0v) is 30.6. The highest BCUT2D eigenvalue weighted by Crippen LogP contribution is 2.32. The third-order valence-corrected chi connectivity index (χ3v) is 9.24. The van der Waals surface area contributed by atoms with E-state index in [1.807, 2.05) is 28.2 Å². The number of hydrogen-bond acceptors (Lipinski definition) is 12. The first-order valence-electron chi connectivity index (χ1n) is 16.5. The highest BCUT2D eigenvalue weighted by atomic mass is 32.1. The molecule has 0 unspecified atom stereocenters. The van der Waals surface area contributed by atoms with E-state index in [2.05, 4.69) is 25.7 Å². The zero-order chi connectivity index (χ0) is 37.5. The number of benzene rings is 2. The van der Waals surface area contributed by atoms with E-state index in [1.165, 1.54) is 23.5 Å². The molecule has 5 aromatic rings. The van der Waals surface area contributed by atoms with Gasteiger partial charge in [0.1, 0.15) is 28.8 Å². The number of aldehydes is 1. The third kappa shape index (κ3) is 7.89. The molecule has 17 heteroatoms. The molecule has 274 valence electrons. The Labute approximate surface area is 302 Å². The van der Waals surface area contributed by atoms with Crippen LogP contribution in [-0.2, 0) is 24.3 Å². The summed E-state index contributed by atoms with van der Waals surface area (Å²) in [5, 5.41) is 4.52. The lowest BCUT2D eigenvalue weighted by Gasteiger charge is -2.15. The van der Waals surface area contributed by atoms with Gasteiger partial charge in [-0.05, 0) is 37.1 Å². The highest BCUT2D eigenvalue weighted by molar-refractivity contribution is 7.16. The number of nitrogens with zero attached hydrogens (tertiary/aromatic N) is 6. The van der Waals surface area contributed by atoms with E-state index in [4.69, 9.17) is 19.6 Å².